The first kappa shape index (κ1) is 21.8. The summed E-state index contributed by atoms with van der Waals surface area (Å²) < 4.78 is 11.0. The molecule has 3 aromatic rings. The second kappa shape index (κ2) is 10.2. The number of Topliss-reactive ketones (excluding diaryl/α,β-unsaturated/α-hetero) is 1. The average molecular weight is 407 g/mol. The Bertz CT molecular complexity index is 1030. The van der Waals surface area contributed by atoms with Crippen molar-refractivity contribution < 1.29 is 18.7 Å². The fourth-order valence-electron chi connectivity index (χ4n) is 3.79. The highest BCUT2D eigenvalue weighted by atomic mass is 16.5. The van der Waals surface area contributed by atoms with E-state index in [-0.39, 0.29) is 5.78 Å². The number of methoxy groups -OCH3 is 1. The van der Waals surface area contributed by atoms with Crippen molar-refractivity contribution in [2.75, 3.05) is 7.11 Å². The van der Waals surface area contributed by atoms with Crippen LogP contribution in [-0.4, -0.2) is 18.9 Å². The van der Waals surface area contributed by atoms with Crippen LogP contribution in [-0.2, 0) is 4.74 Å². The average Bonchev–Trinajstić information content (AvgIpc) is 3.19. The minimum absolute atomic E-state index is 0.139. The molecule has 0 spiro atoms. The van der Waals surface area contributed by atoms with E-state index in [1.54, 1.807) is 6.07 Å². The molecular weight excluding hydrogens is 376 g/mol. The zero-order chi connectivity index (χ0) is 21.5. The summed E-state index contributed by atoms with van der Waals surface area (Å²) in [7, 11) is 1.37. The van der Waals surface area contributed by atoms with E-state index < -0.39 is 5.97 Å². The fraction of sp³-hybridized carbons (Fsp3) is 0.385. The number of benzene rings is 2. The first-order valence-corrected chi connectivity index (χ1v) is 10.8. The molecule has 1 heterocycles. The van der Waals surface area contributed by atoms with Gasteiger partial charge in [0.1, 0.15) is 11.3 Å². The largest absolute Gasteiger partial charge is 0.465 e. The van der Waals surface area contributed by atoms with E-state index in [0.717, 1.165) is 23.8 Å². The molecule has 0 N–H and O–H groups in total. The van der Waals surface area contributed by atoms with Crippen molar-refractivity contribution in [1.29, 1.82) is 0 Å². The number of esters is 1. The van der Waals surface area contributed by atoms with Gasteiger partial charge in [-0.25, -0.2) is 4.79 Å². The Morgan fingerprint density at radius 1 is 0.933 bits per heavy atom. The number of carbonyl (C=O) groups is 2. The van der Waals surface area contributed by atoms with Crippen molar-refractivity contribution in [3.63, 3.8) is 0 Å². The Balaban J connectivity index is 1.85. The lowest BCUT2D eigenvalue weighted by Crippen LogP contribution is -2.03. The number of unbranched alkanes of at least 4 members (excludes halogenated alkanes) is 5. The van der Waals surface area contributed by atoms with Gasteiger partial charge in [-0.1, -0.05) is 68.9 Å². The van der Waals surface area contributed by atoms with Crippen LogP contribution in [0.5, 0.6) is 0 Å². The molecule has 0 aliphatic carbocycles. The molecule has 3 rings (SSSR count). The quantitative estimate of drug-likeness (QED) is 0.204. The number of ketones is 1. The van der Waals surface area contributed by atoms with Crippen LogP contribution >= 0.6 is 0 Å². The molecule has 30 heavy (non-hydrogen) atoms. The fourth-order valence-corrected chi connectivity index (χ4v) is 3.79. The molecule has 0 unspecified atom stereocenters. The number of hydrogen-bond acceptors (Lipinski definition) is 4. The molecule has 0 saturated heterocycles. The second-order valence-corrected chi connectivity index (χ2v) is 7.81. The summed E-state index contributed by atoms with van der Waals surface area (Å²) in [6, 6.07) is 13.0. The van der Waals surface area contributed by atoms with Gasteiger partial charge in [-0.15, -0.1) is 0 Å². The van der Waals surface area contributed by atoms with E-state index >= 15 is 0 Å². The second-order valence-electron chi connectivity index (χ2n) is 7.81. The summed E-state index contributed by atoms with van der Waals surface area (Å²) in [5.74, 6) is 0.291. The van der Waals surface area contributed by atoms with Gasteiger partial charge >= 0.3 is 5.97 Å². The third kappa shape index (κ3) is 4.99. The monoisotopic (exact) mass is 406 g/mol. The van der Waals surface area contributed by atoms with Gasteiger partial charge in [-0.3, -0.25) is 4.79 Å². The molecule has 0 aliphatic heterocycles. The summed E-state index contributed by atoms with van der Waals surface area (Å²) in [5.41, 5.74) is 3.41. The lowest BCUT2D eigenvalue weighted by molar-refractivity contribution is 0.0601. The van der Waals surface area contributed by atoms with Gasteiger partial charge in [0.2, 0.25) is 0 Å². The molecule has 0 saturated carbocycles. The molecule has 4 heteroatoms. The molecule has 2 aromatic carbocycles. The molecule has 0 aliphatic rings. The smallest absolute Gasteiger partial charge is 0.338 e. The van der Waals surface area contributed by atoms with Crippen molar-refractivity contribution in [3.05, 3.63) is 59.2 Å². The van der Waals surface area contributed by atoms with Gasteiger partial charge in [0, 0.05) is 22.9 Å². The lowest BCUT2D eigenvalue weighted by Gasteiger charge is -2.06. The number of aryl methyl sites for hydroxylation is 1. The Labute approximate surface area is 178 Å². The van der Waals surface area contributed by atoms with Crippen molar-refractivity contribution in [2.24, 2.45) is 0 Å². The Morgan fingerprint density at radius 3 is 2.47 bits per heavy atom. The number of furan rings is 1. The predicted octanol–water partition coefficient (Wildman–Crippen LogP) is 7.13. The van der Waals surface area contributed by atoms with E-state index in [9.17, 15) is 9.59 Å². The molecule has 0 radical (unpaired) electrons. The summed E-state index contributed by atoms with van der Waals surface area (Å²) in [6.45, 7) is 4.13. The predicted molar refractivity (Wildman–Crippen MR) is 120 cm³/mol. The van der Waals surface area contributed by atoms with E-state index in [0.29, 0.717) is 34.5 Å². The van der Waals surface area contributed by atoms with Crippen LogP contribution in [0.2, 0.25) is 0 Å². The topological polar surface area (TPSA) is 56.5 Å². The van der Waals surface area contributed by atoms with Crippen LogP contribution in [0.25, 0.3) is 22.3 Å². The zero-order valence-electron chi connectivity index (χ0n) is 18.1. The summed E-state index contributed by atoms with van der Waals surface area (Å²) >= 11 is 0. The highest BCUT2D eigenvalue weighted by Crippen LogP contribution is 2.33. The van der Waals surface area contributed by atoms with Crippen molar-refractivity contribution in [2.45, 2.75) is 58.8 Å². The number of fused-ring (bicyclic) bond motifs is 1. The summed E-state index contributed by atoms with van der Waals surface area (Å²) in [5, 5.41) is 0.792. The van der Waals surface area contributed by atoms with Gasteiger partial charge < -0.3 is 9.15 Å². The maximum Gasteiger partial charge on any atom is 0.338 e. The van der Waals surface area contributed by atoms with Crippen LogP contribution < -0.4 is 0 Å². The number of carbonyl (C=O) groups excluding carboxylic acids is 2. The highest BCUT2D eigenvalue weighted by molar-refractivity contribution is 6.08. The van der Waals surface area contributed by atoms with Crippen LogP contribution in [0.3, 0.4) is 0 Å². The van der Waals surface area contributed by atoms with E-state index in [4.69, 9.17) is 9.15 Å². The molecule has 1 aromatic heterocycles. The molecule has 0 atom stereocenters. The van der Waals surface area contributed by atoms with Gasteiger partial charge in [-0.05, 0) is 31.5 Å². The van der Waals surface area contributed by atoms with E-state index in [1.165, 1.54) is 32.8 Å². The van der Waals surface area contributed by atoms with Gasteiger partial charge in [0.15, 0.2) is 5.78 Å². The molecule has 0 amide bonds. The maximum absolute atomic E-state index is 12.8. The third-order valence-electron chi connectivity index (χ3n) is 5.47. The van der Waals surface area contributed by atoms with Gasteiger partial charge in [0.25, 0.3) is 0 Å². The van der Waals surface area contributed by atoms with Crippen LogP contribution in [0.15, 0.2) is 46.9 Å². The Kier molecular flexibility index (Phi) is 7.45. The van der Waals surface area contributed by atoms with Gasteiger partial charge in [0.05, 0.1) is 12.7 Å². The Morgan fingerprint density at radius 2 is 1.70 bits per heavy atom. The zero-order valence-corrected chi connectivity index (χ0v) is 18.1. The maximum atomic E-state index is 12.8. The minimum Gasteiger partial charge on any atom is -0.465 e. The number of ether oxygens (including phenoxy) is 1. The molecule has 0 fully saturated rings. The van der Waals surface area contributed by atoms with Crippen LogP contribution in [0, 0.1) is 6.92 Å². The standard InChI is InChI=1S/C26H30O4/c1-4-5-6-7-8-9-12-23(27)19-11-10-13-24-21(19)17-25(30-24)20-15-14-18(2)16-22(20)26(28)29-3/h10-11,13-17H,4-9,12H2,1-3H3. The minimum atomic E-state index is -0.409. The molecule has 4 nitrogen and oxygen atoms in total. The summed E-state index contributed by atoms with van der Waals surface area (Å²) in [6.07, 6.45) is 7.46. The lowest BCUT2D eigenvalue weighted by atomic mass is 9.99. The van der Waals surface area contributed by atoms with Gasteiger partial charge in [-0.2, -0.15) is 0 Å². The van der Waals surface area contributed by atoms with E-state index in [1.807, 2.05) is 43.3 Å². The van der Waals surface area contributed by atoms with Crippen molar-refractivity contribution in [1.82, 2.24) is 0 Å². The Hall–Kier alpha value is -2.88. The third-order valence-corrected chi connectivity index (χ3v) is 5.47. The van der Waals surface area contributed by atoms with Crippen molar-refractivity contribution >= 4 is 22.7 Å². The first-order chi connectivity index (χ1) is 14.5. The van der Waals surface area contributed by atoms with Crippen LogP contribution in [0.4, 0.5) is 0 Å². The molecule has 158 valence electrons. The molecule has 0 bridgehead atoms. The van der Waals surface area contributed by atoms with E-state index in [2.05, 4.69) is 6.92 Å². The SMILES string of the molecule is CCCCCCCCC(=O)c1cccc2oc(-c3ccc(C)cc3C(=O)OC)cc12. The molecular formula is C26H30O4. The number of hydrogen-bond donors (Lipinski definition) is 0. The first-order valence-electron chi connectivity index (χ1n) is 10.8. The van der Waals surface area contributed by atoms with Crippen molar-refractivity contribution in [3.8, 4) is 11.3 Å². The normalized spacial score (nSPS) is 11.0. The number of rotatable bonds is 10. The van der Waals surface area contributed by atoms with Crippen LogP contribution in [0.1, 0.15) is 78.1 Å². The highest BCUT2D eigenvalue weighted by Gasteiger charge is 2.19. The summed E-state index contributed by atoms with van der Waals surface area (Å²) in [4.78, 5) is 25.1.